The number of benzene rings is 1. The van der Waals surface area contributed by atoms with Crippen LogP contribution in [0.1, 0.15) is 6.42 Å². The summed E-state index contributed by atoms with van der Waals surface area (Å²) < 4.78 is 13.5. The van der Waals surface area contributed by atoms with Gasteiger partial charge in [-0.3, -0.25) is 14.6 Å². The van der Waals surface area contributed by atoms with Gasteiger partial charge >= 0.3 is 0 Å². The summed E-state index contributed by atoms with van der Waals surface area (Å²) >= 11 is 0. The zero-order valence-corrected chi connectivity index (χ0v) is 12.1. The molecule has 1 saturated heterocycles. The summed E-state index contributed by atoms with van der Waals surface area (Å²) in [5, 5.41) is 11.6. The fourth-order valence-corrected chi connectivity index (χ4v) is 2.50. The first-order valence-electron chi connectivity index (χ1n) is 7.29. The van der Waals surface area contributed by atoms with Crippen molar-refractivity contribution < 1.29 is 14.3 Å². The van der Waals surface area contributed by atoms with E-state index in [2.05, 4.69) is 15.1 Å². The van der Waals surface area contributed by atoms with Crippen molar-refractivity contribution in [3.8, 4) is 0 Å². The summed E-state index contributed by atoms with van der Waals surface area (Å²) in [6.45, 7) is 4.50. The highest BCUT2D eigenvalue weighted by atomic mass is 19.1. The number of nitrogens with one attached hydrogen (secondary N) is 1. The molecule has 1 aromatic carbocycles. The van der Waals surface area contributed by atoms with Gasteiger partial charge in [0.25, 0.3) is 0 Å². The molecule has 1 aliphatic rings. The number of aliphatic hydroxyl groups is 1. The molecule has 2 rings (SSSR count). The molecule has 5 nitrogen and oxygen atoms in total. The number of nitrogens with zero attached hydrogens (tertiary/aromatic N) is 2. The average Bonchev–Trinajstić information content (AvgIpc) is 2.67. The van der Waals surface area contributed by atoms with E-state index in [9.17, 15) is 9.18 Å². The van der Waals surface area contributed by atoms with Crippen LogP contribution in [0, 0.1) is 5.82 Å². The second-order valence-corrected chi connectivity index (χ2v) is 5.22. The normalized spacial score (nSPS) is 17.4. The van der Waals surface area contributed by atoms with Crippen molar-refractivity contribution in [2.75, 3.05) is 51.2 Å². The molecule has 1 heterocycles. The highest BCUT2D eigenvalue weighted by Gasteiger charge is 2.17. The molecule has 0 spiro atoms. The molecule has 0 bridgehead atoms. The molecule has 0 atom stereocenters. The summed E-state index contributed by atoms with van der Waals surface area (Å²) in [5.41, 5.74) is 0.222. The molecule has 0 aromatic heterocycles. The lowest BCUT2D eigenvalue weighted by Gasteiger charge is -2.20. The van der Waals surface area contributed by atoms with Gasteiger partial charge in [0.2, 0.25) is 5.91 Å². The van der Waals surface area contributed by atoms with E-state index in [4.69, 9.17) is 5.11 Å². The summed E-state index contributed by atoms with van der Waals surface area (Å²) in [4.78, 5) is 16.2. The fraction of sp³-hybridized carbons (Fsp3) is 0.533. The first-order valence-corrected chi connectivity index (χ1v) is 7.29. The van der Waals surface area contributed by atoms with E-state index in [0.29, 0.717) is 6.54 Å². The highest BCUT2D eigenvalue weighted by molar-refractivity contribution is 5.92. The molecule has 21 heavy (non-hydrogen) atoms. The summed E-state index contributed by atoms with van der Waals surface area (Å²) in [7, 11) is 0. The van der Waals surface area contributed by atoms with Crippen molar-refractivity contribution >= 4 is 11.6 Å². The van der Waals surface area contributed by atoms with Gasteiger partial charge in [-0.15, -0.1) is 0 Å². The molecule has 0 unspecified atom stereocenters. The van der Waals surface area contributed by atoms with E-state index < -0.39 is 5.82 Å². The van der Waals surface area contributed by atoms with E-state index in [-0.39, 0.29) is 24.7 Å². The van der Waals surface area contributed by atoms with Crippen LogP contribution >= 0.6 is 0 Å². The number of para-hydroxylation sites is 1. The third kappa shape index (κ3) is 5.08. The maximum absolute atomic E-state index is 13.5. The van der Waals surface area contributed by atoms with Crippen LogP contribution in [0.4, 0.5) is 10.1 Å². The van der Waals surface area contributed by atoms with Gasteiger partial charge in [0.05, 0.1) is 18.8 Å². The van der Waals surface area contributed by atoms with Gasteiger partial charge in [0, 0.05) is 19.6 Å². The van der Waals surface area contributed by atoms with Crippen LogP contribution in [0.25, 0.3) is 0 Å². The minimum atomic E-state index is -0.421. The Morgan fingerprint density at radius 1 is 1.19 bits per heavy atom. The largest absolute Gasteiger partial charge is 0.395 e. The molecule has 6 heteroatoms. The minimum Gasteiger partial charge on any atom is -0.395 e. The standard InChI is InChI=1S/C15H22FN3O2/c16-13-4-1-2-5-14(13)17-15(21)12-19-7-3-6-18(8-9-19)10-11-20/h1-2,4-5,20H,3,6-12H2,(H,17,21). The number of hydrogen-bond acceptors (Lipinski definition) is 4. The number of β-amino-alcohol motifs (C(OH)–C–C–N with tert-alkyl or cyclic N) is 1. The molecule has 2 N–H and O–H groups in total. The fourth-order valence-electron chi connectivity index (χ4n) is 2.50. The molecule has 1 aromatic rings. The predicted octanol–water partition coefficient (Wildman–Crippen LogP) is 0.764. The van der Waals surface area contributed by atoms with Gasteiger partial charge in [-0.25, -0.2) is 4.39 Å². The van der Waals surface area contributed by atoms with Crippen molar-refractivity contribution in [3.05, 3.63) is 30.1 Å². The van der Waals surface area contributed by atoms with Gasteiger partial charge in [0.15, 0.2) is 0 Å². The van der Waals surface area contributed by atoms with Gasteiger partial charge < -0.3 is 10.4 Å². The Kier molecular flexibility index (Phi) is 6.10. The van der Waals surface area contributed by atoms with E-state index in [1.54, 1.807) is 18.2 Å². The summed E-state index contributed by atoms with van der Waals surface area (Å²) in [6, 6.07) is 6.17. The van der Waals surface area contributed by atoms with E-state index in [0.717, 1.165) is 32.6 Å². The number of carbonyl (C=O) groups is 1. The number of amides is 1. The maximum atomic E-state index is 13.5. The van der Waals surface area contributed by atoms with Crippen LogP contribution in [0.3, 0.4) is 0 Å². The van der Waals surface area contributed by atoms with Crippen molar-refractivity contribution in [2.45, 2.75) is 6.42 Å². The first kappa shape index (κ1) is 15.9. The zero-order valence-electron chi connectivity index (χ0n) is 12.1. The molecular weight excluding hydrogens is 273 g/mol. The molecule has 1 aliphatic heterocycles. The number of halogens is 1. The van der Waals surface area contributed by atoms with Gasteiger partial charge in [0.1, 0.15) is 5.82 Å². The molecule has 1 fully saturated rings. The molecule has 0 radical (unpaired) electrons. The number of hydrogen-bond donors (Lipinski definition) is 2. The lowest BCUT2D eigenvalue weighted by molar-refractivity contribution is -0.117. The number of aliphatic hydroxyl groups excluding tert-OH is 1. The van der Waals surface area contributed by atoms with Crippen molar-refractivity contribution in [2.24, 2.45) is 0 Å². The van der Waals surface area contributed by atoms with Crippen LogP contribution in [0.5, 0.6) is 0 Å². The van der Waals surface area contributed by atoms with Crippen molar-refractivity contribution in [1.82, 2.24) is 9.80 Å². The number of carbonyl (C=O) groups excluding carboxylic acids is 1. The lowest BCUT2D eigenvalue weighted by Crippen LogP contribution is -2.37. The molecular formula is C15H22FN3O2. The van der Waals surface area contributed by atoms with Crippen molar-refractivity contribution in [3.63, 3.8) is 0 Å². The molecule has 0 aliphatic carbocycles. The Hall–Kier alpha value is -1.50. The second kappa shape index (κ2) is 8.07. The minimum absolute atomic E-state index is 0.160. The average molecular weight is 295 g/mol. The SMILES string of the molecule is O=C(CN1CCCN(CCO)CC1)Nc1ccccc1F. The zero-order chi connectivity index (χ0) is 15.1. The van der Waals surface area contributed by atoms with Crippen LogP contribution in [0.2, 0.25) is 0 Å². The van der Waals surface area contributed by atoms with Crippen LogP contribution < -0.4 is 5.32 Å². The third-order valence-electron chi connectivity index (χ3n) is 3.61. The topological polar surface area (TPSA) is 55.8 Å². The third-order valence-corrected chi connectivity index (χ3v) is 3.61. The maximum Gasteiger partial charge on any atom is 0.238 e. The molecule has 0 saturated carbocycles. The summed E-state index contributed by atoms with van der Waals surface area (Å²) in [5.74, 6) is -0.619. The molecule has 116 valence electrons. The summed E-state index contributed by atoms with van der Waals surface area (Å²) in [6.07, 6.45) is 0.965. The number of rotatable bonds is 5. The quantitative estimate of drug-likeness (QED) is 0.842. The van der Waals surface area contributed by atoms with E-state index >= 15 is 0 Å². The predicted molar refractivity (Wildman–Crippen MR) is 79.6 cm³/mol. The van der Waals surface area contributed by atoms with Crippen LogP contribution in [-0.2, 0) is 4.79 Å². The monoisotopic (exact) mass is 295 g/mol. The Labute approximate surface area is 124 Å². The van der Waals surface area contributed by atoms with Gasteiger partial charge in [-0.05, 0) is 31.6 Å². The Morgan fingerprint density at radius 2 is 1.90 bits per heavy atom. The second-order valence-electron chi connectivity index (χ2n) is 5.22. The smallest absolute Gasteiger partial charge is 0.238 e. The number of anilines is 1. The van der Waals surface area contributed by atoms with Crippen molar-refractivity contribution in [1.29, 1.82) is 0 Å². The molecule has 1 amide bonds. The van der Waals surface area contributed by atoms with Gasteiger partial charge in [-0.2, -0.15) is 0 Å². The lowest BCUT2D eigenvalue weighted by atomic mass is 10.3. The Bertz CT molecular complexity index is 470. The van der Waals surface area contributed by atoms with Gasteiger partial charge in [-0.1, -0.05) is 12.1 Å². The van der Waals surface area contributed by atoms with E-state index in [1.807, 2.05) is 0 Å². The highest BCUT2D eigenvalue weighted by Crippen LogP contribution is 2.12. The van der Waals surface area contributed by atoms with Crippen LogP contribution in [0.15, 0.2) is 24.3 Å². The Morgan fingerprint density at radius 3 is 2.67 bits per heavy atom. The van der Waals surface area contributed by atoms with E-state index in [1.165, 1.54) is 6.07 Å². The first-order chi connectivity index (χ1) is 10.2. The van der Waals surface area contributed by atoms with Crippen LogP contribution in [-0.4, -0.2) is 66.7 Å². The Balaban J connectivity index is 1.81.